The molecule has 104 valence electrons. The van der Waals surface area contributed by atoms with Crippen molar-refractivity contribution < 1.29 is 4.52 Å². The Morgan fingerprint density at radius 1 is 1.10 bits per heavy atom. The molecule has 5 nitrogen and oxygen atoms in total. The number of fused-ring (bicyclic) bond motifs is 1. The van der Waals surface area contributed by atoms with Gasteiger partial charge in [-0.2, -0.15) is 4.98 Å². The van der Waals surface area contributed by atoms with Gasteiger partial charge in [-0.15, -0.1) is 0 Å². The van der Waals surface area contributed by atoms with Gasteiger partial charge in [-0.1, -0.05) is 29.4 Å². The van der Waals surface area contributed by atoms with Crippen molar-refractivity contribution in [3.63, 3.8) is 0 Å². The van der Waals surface area contributed by atoms with Crippen molar-refractivity contribution >= 4 is 0 Å². The van der Waals surface area contributed by atoms with E-state index in [1.165, 1.54) is 11.1 Å². The minimum Gasteiger partial charge on any atom is -0.337 e. The normalized spacial score (nSPS) is 17.4. The first-order valence-corrected chi connectivity index (χ1v) is 6.94. The Labute approximate surface area is 122 Å². The maximum Gasteiger partial charge on any atom is 0.244 e. The van der Waals surface area contributed by atoms with Crippen molar-refractivity contribution in [2.24, 2.45) is 0 Å². The van der Waals surface area contributed by atoms with Crippen LogP contribution in [-0.4, -0.2) is 15.1 Å². The quantitative estimate of drug-likeness (QED) is 0.780. The highest BCUT2D eigenvalue weighted by atomic mass is 16.5. The Hall–Kier alpha value is -2.53. The Bertz CT molecular complexity index is 754. The van der Waals surface area contributed by atoms with Crippen LogP contribution >= 0.6 is 0 Å². The predicted octanol–water partition coefficient (Wildman–Crippen LogP) is 2.52. The summed E-state index contributed by atoms with van der Waals surface area (Å²) < 4.78 is 5.42. The van der Waals surface area contributed by atoms with Gasteiger partial charge in [0.1, 0.15) is 0 Å². The molecular weight excluding hydrogens is 264 g/mol. The van der Waals surface area contributed by atoms with E-state index in [-0.39, 0.29) is 6.04 Å². The van der Waals surface area contributed by atoms with Crippen LogP contribution in [0.4, 0.5) is 0 Å². The molecule has 21 heavy (non-hydrogen) atoms. The summed E-state index contributed by atoms with van der Waals surface area (Å²) in [5, 5.41) is 7.50. The molecule has 1 aromatic carbocycles. The highest BCUT2D eigenvalue weighted by Gasteiger charge is 2.24. The summed E-state index contributed by atoms with van der Waals surface area (Å²) in [6.07, 6.45) is 4.33. The van der Waals surface area contributed by atoms with Gasteiger partial charge in [-0.3, -0.25) is 4.98 Å². The average molecular weight is 278 g/mol. The Morgan fingerprint density at radius 3 is 2.86 bits per heavy atom. The molecule has 0 amide bonds. The smallest absolute Gasteiger partial charge is 0.244 e. The highest BCUT2D eigenvalue weighted by Crippen LogP contribution is 2.26. The molecule has 5 heteroatoms. The van der Waals surface area contributed by atoms with Crippen molar-refractivity contribution in [1.82, 2.24) is 20.4 Å². The molecular formula is C16H14N4O. The van der Waals surface area contributed by atoms with E-state index in [4.69, 9.17) is 4.52 Å². The second-order valence-corrected chi connectivity index (χ2v) is 5.10. The monoisotopic (exact) mass is 278 g/mol. The lowest BCUT2D eigenvalue weighted by Crippen LogP contribution is -2.28. The highest BCUT2D eigenvalue weighted by molar-refractivity contribution is 5.52. The van der Waals surface area contributed by atoms with Gasteiger partial charge in [0.25, 0.3) is 0 Å². The van der Waals surface area contributed by atoms with Gasteiger partial charge >= 0.3 is 0 Å². The van der Waals surface area contributed by atoms with Crippen molar-refractivity contribution in [3.8, 4) is 11.4 Å². The molecule has 0 bridgehead atoms. The molecule has 2 aromatic heterocycles. The largest absolute Gasteiger partial charge is 0.337 e. The number of aromatic nitrogens is 3. The van der Waals surface area contributed by atoms with E-state index in [1.54, 1.807) is 12.4 Å². The van der Waals surface area contributed by atoms with Crippen LogP contribution in [0, 0.1) is 0 Å². The fraction of sp³-hybridized carbons (Fsp3) is 0.188. The summed E-state index contributed by atoms with van der Waals surface area (Å²) in [5.74, 6) is 1.21. The van der Waals surface area contributed by atoms with E-state index in [2.05, 4.69) is 44.7 Å². The van der Waals surface area contributed by atoms with Crippen molar-refractivity contribution in [2.75, 3.05) is 0 Å². The van der Waals surface area contributed by atoms with Crippen LogP contribution in [-0.2, 0) is 13.0 Å². The number of hydrogen-bond acceptors (Lipinski definition) is 5. The maximum atomic E-state index is 5.42. The van der Waals surface area contributed by atoms with Crippen LogP contribution in [0.3, 0.4) is 0 Å². The Balaban J connectivity index is 1.60. The second kappa shape index (κ2) is 5.10. The zero-order valence-corrected chi connectivity index (χ0v) is 11.4. The van der Waals surface area contributed by atoms with E-state index >= 15 is 0 Å². The number of hydrogen-bond donors (Lipinski definition) is 1. The molecule has 1 N–H and O–H groups in total. The van der Waals surface area contributed by atoms with Crippen molar-refractivity contribution in [2.45, 2.75) is 19.0 Å². The Morgan fingerprint density at radius 2 is 2.00 bits per heavy atom. The van der Waals surface area contributed by atoms with Crippen molar-refractivity contribution in [1.29, 1.82) is 0 Å². The fourth-order valence-corrected chi connectivity index (χ4v) is 2.62. The zero-order chi connectivity index (χ0) is 14.1. The van der Waals surface area contributed by atoms with Crippen molar-refractivity contribution in [3.05, 3.63) is 65.8 Å². The molecule has 0 saturated carbocycles. The first-order valence-electron chi connectivity index (χ1n) is 6.94. The summed E-state index contributed by atoms with van der Waals surface area (Å²) in [7, 11) is 0. The van der Waals surface area contributed by atoms with Crippen LogP contribution < -0.4 is 5.32 Å². The standard InChI is InChI=1S/C16H14N4O/c1-2-5-12-10-18-14(8-11(12)4-1)16-19-15(20-21-16)13-6-3-7-17-9-13/h1-7,9,14,18H,8,10H2/t14-/m0/s1. The third kappa shape index (κ3) is 2.32. The number of rotatable bonds is 2. The van der Waals surface area contributed by atoms with E-state index in [9.17, 15) is 0 Å². The average Bonchev–Trinajstić information content (AvgIpc) is 3.05. The van der Waals surface area contributed by atoms with Gasteiger partial charge in [-0.05, 0) is 29.7 Å². The summed E-state index contributed by atoms with van der Waals surface area (Å²) in [5.41, 5.74) is 3.53. The molecule has 1 atom stereocenters. The summed E-state index contributed by atoms with van der Waals surface area (Å²) >= 11 is 0. The van der Waals surface area contributed by atoms with Gasteiger partial charge < -0.3 is 9.84 Å². The van der Waals surface area contributed by atoms with E-state index in [1.807, 2.05) is 12.1 Å². The van der Waals surface area contributed by atoms with E-state index < -0.39 is 0 Å². The molecule has 0 aliphatic carbocycles. The van der Waals surface area contributed by atoms with Gasteiger partial charge in [0.2, 0.25) is 11.7 Å². The van der Waals surface area contributed by atoms with Crippen LogP contribution in [0.15, 0.2) is 53.3 Å². The molecule has 0 radical (unpaired) electrons. The molecule has 3 heterocycles. The number of nitrogens with zero attached hydrogens (tertiary/aromatic N) is 3. The maximum absolute atomic E-state index is 5.42. The molecule has 1 aliphatic heterocycles. The minimum absolute atomic E-state index is 0.0674. The topological polar surface area (TPSA) is 63.8 Å². The number of benzene rings is 1. The summed E-state index contributed by atoms with van der Waals surface area (Å²) in [6.45, 7) is 0.825. The lowest BCUT2D eigenvalue weighted by atomic mass is 9.96. The molecule has 0 fully saturated rings. The van der Waals surface area contributed by atoms with E-state index in [0.29, 0.717) is 11.7 Å². The Kier molecular flexibility index (Phi) is 2.97. The minimum atomic E-state index is 0.0674. The predicted molar refractivity (Wildman–Crippen MR) is 77.3 cm³/mol. The third-order valence-electron chi connectivity index (χ3n) is 3.74. The zero-order valence-electron chi connectivity index (χ0n) is 11.4. The lowest BCUT2D eigenvalue weighted by Gasteiger charge is -2.23. The first-order chi connectivity index (χ1) is 10.4. The molecule has 0 unspecified atom stereocenters. The van der Waals surface area contributed by atoms with E-state index in [0.717, 1.165) is 18.5 Å². The fourth-order valence-electron chi connectivity index (χ4n) is 2.62. The van der Waals surface area contributed by atoms with Gasteiger partial charge in [0.05, 0.1) is 6.04 Å². The molecule has 3 aromatic rings. The first kappa shape index (κ1) is 12.2. The number of pyridine rings is 1. The molecule has 0 saturated heterocycles. The van der Waals surface area contributed by atoms with Crippen LogP contribution in [0.5, 0.6) is 0 Å². The van der Waals surface area contributed by atoms with Gasteiger partial charge in [-0.25, -0.2) is 0 Å². The molecule has 1 aliphatic rings. The van der Waals surface area contributed by atoms with Crippen LogP contribution in [0.1, 0.15) is 23.1 Å². The molecule has 4 rings (SSSR count). The molecule has 0 spiro atoms. The third-order valence-corrected chi connectivity index (χ3v) is 3.74. The summed E-state index contributed by atoms with van der Waals surface area (Å²) in [4.78, 5) is 8.57. The second-order valence-electron chi connectivity index (χ2n) is 5.10. The van der Waals surface area contributed by atoms with Gasteiger partial charge in [0, 0.05) is 24.5 Å². The van der Waals surface area contributed by atoms with Gasteiger partial charge in [0.15, 0.2) is 0 Å². The summed E-state index contributed by atoms with van der Waals surface area (Å²) in [6, 6.07) is 12.3. The van der Waals surface area contributed by atoms with Crippen LogP contribution in [0.25, 0.3) is 11.4 Å². The number of nitrogens with one attached hydrogen (secondary N) is 1. The SMILES string of the molecule is c1cncc(-c2noc([C@@H]3Cc4ccccc4CN3)n2)c1. The van der Waals surface area contributed by atoms with Crippen LogP contribution in [0.2, 0.25) is 0 Å². The lowest BCUT2D eigenvalue weighted by molar-refractivity contribution is 0.321.